The molecule has 0 aliphatic carbocycles. The molecule has 0 bridgehead atoms. The van der Waals surface area contributed by atoms with Gasteiger partial charge in [-0.25, -0.2) is 0 Å². The van der Waals surface area contributed by atoms with E-state index in [0.29, 0.717) is 28.4 Å². The number of nitrogens with zero attached hydrogens (tertiary/aromatic N) is 4. The number of aryl methyl sites for hydroxylation is 3. The van der Waals surface area contributed by atoms with E-state index in [-0.39, 0.29) is 17.1 Å². The number of thioether (sulfide) groups is 1. The summed E-state index contributed by atoms with van der Waals surface area (Å²) in [7, 11) is 0. The van der Waals surface area contributed by atoms with Gasteiger partial charge in [-0.15, -0.1) is 10.2 Å². The smallest absolute Gasteiger partial charge is 0.262 e. The number of ketones is 1. The Morgan fingerprint density at radius 1 is 1.07 bits per heavy atom. The first-order valence-corrected chi connectivity index (χ1v) is 11.1. The lowest BCUT2D eigenvalue weighted by Gasteiger charge is -2.10. The highest BCUT2D eigenvalue weighted by atomic mass is 32.2. The fourth-order valence-electron chi connectivity index (χ4n) is 3.47. The summed E-state index contributed by atoms with van der Waals surface area (Å²) in [5, 5.41) is 9.86. The van der Waals surface area contributed by atoms with Crippen molar-refractivity contribution in [3.05, 3.63) is 69.5 Å². The molecule has 0 N–H and O–H groups in total. The van der Waals surface area contributed by atoms with Crippen molar-refractivity contribution in [3.63, 3.8) is 0 Å². The summed E-state index contributed by atoms with van der Waals surface area (Å²) in [6, 6.07) is 13.2. The quantitative estimate of drug-likeness (QED) is 0.327. The van der Waals surface area contributed by atoms with Crippen LogP contribution in [0.25, 0.3) is 16.7 Å². The Hall–Kier alpha value is -2.93. The van der Waals surface area contributed by atoms with Crippen molar-refractivity contribution in [2.75, 3.05) is 5.75 Å². The molecule has 2 heterocycles. The second-order valence-electron chi connectivity index (χ2n) is 7.46. The Labute approximate surface area is 178 Å². The molecule has 0 aliphatic heterocycles. The molecule has 4 aromatic rings. The third-order valence-electron chi connectivity index (χ3n) is 5.37. The molecule has 0 unspecified atom stereocenters. The number of Topliss-reactive ketones (excluding diaryl/α,β-unsaturated/α-hetero) is 1. The zero-order valence-electron chi connectivity index (χ0n) is 17.4. The van der Waals surface area contributed by atoms with Gasteiger partial charge in [-0.3, -0.25) is 18.6 Å². The van der Waals surface area contributed by atoms with E-state index in [1.807, 2.05) is 60.7 Å². The van der Waals surface area contributed by atoms with Crippen molar-refractivity contribution in [3.8, 4) is 0 Å². The normalized spacial score (nSPS) is 11.4. The lowest BCUT2D eigenvalue weighted by Crippen LogP contribution is -2.23. The van der Waals surface area contributed by atoms with E-state index in [1.54, 1.807) is 4.57 Å². The van der Waals surface area contributed by atoms with Gasteiger partial charge in [0, 0.05) is 12.1 Å². The lowest BCUT2D eigenvalue weighted by atomic mass is 10.0. The lowest BCUT2D eigenvalue weighted by molar-refractivity contribution is 0.102. The van der Waals surface area contributed by atoms with Gasteiger partial charge in [0.15, 0.2) is 10.9 Å². The van der Waals surface area contributed by atoms with Gasteiger partial charge in [0.1, 0.15) is 0 Å². The molecule has 6 nitrogen and oxygen atoms in total. The average molecular weight is 421 g/mol. The summed E-state index contributed by atoms with van der Waals surface area (Å²) >= 11 is 1.35. The number of para-hydroxylation sites is 1. The number of fused-ring (bicyclic) bond motifs is 3. The Kier molecular flexibility index (Phi) is 5.72. The summed E-state index contributed by atoms with van der Waals surface area (Å²) < 4.78 is 3.58. The SMILES string of the molecule is CCCCn1c(=O)c2ccccc2n2c(SCC(=O)c3ccc(C)c(C)c3)nnc12. The standard InChI is InChI=1S/C23H24N4O2S/c1-4-5-12-26-21(29)18-8-6-7-9-19(18)27-22(26)24-25-23(27)30-14-20(28)17-11-10-15(2)16(3)13-17/h6-11,13H,4-5,12,14H2,1-3H3. The third-order valence-corrected chi connectivity index (χ3v) is 6.30. The van der Waals surface area contributed by atoms with E-state index in [1.165, 1.54) is 17.3 Å². The van der Waals surface area contributed by atoms with Crippen LogP contribution in [0.2, 0.25) is 0 Å². The van der Waals surface area contributed by atoms with Crippen LogP contribution in [0.1, 0.15) is 41.3 Å². The molecule has 0 spiro atoms. The van der Waals surface area contributed by atoms with Gasteiger partial charge in [-0.1, -0.05) is 49.4 Å². The Morgan fingerprint density at radius 2 is 1.87 bits per heavy atom. The third kappa shape index (κ3) is 3.65. The monoisotopic (exact) mass is 420 g/mol. The van der Waals surface area contributed by atoms with E-state index in [9.17, 15) is 9.59 Å². The van der Waals surface area contributed by atoms with E-state index >= 15 is 0 Å². The van der Waals surface area contributed by atoms with Crippen molar-refractivity contribution in [1.29, 1.82) is 0 Å². The zero-order chi connectivity index (χ0) is 21.3. The molecule has 0 saturated carbocycles. The van der Waals surface area contributed by atoms with Crippen molar-refractivity contribution in [2.24, 2.45) is 0 Å². The molecule has 0 saturated heterocycles. The first-order valence-electron chi connectivity index (χ1n) is 10.1. The van der Waals surface area contributed by atoms with Crippen LogP contribution in [0.5, 0.6) is 0 Å². The number of aromatic nitrogens is 4. The minimum atomic E-state index is -0.0540. The largest absolute Gasteiger partial charge is 0.293 e. The maximum absolute atomic E-state index is 13.0. The second-order valence-corrected chi connectivity index (χ2v) is 8.40. The summed E-state index contributed by atoms with van der Waals surface area (Å²) in [4.78, 5) is 25.7. The molecule has 0 fully saturated rings. The summed E-state index contributed by atoms with van der Waals surface area (Å²) in [6.45, 7) is 6.72. The van der Waals surface area contributed by atoms with Gasteiger partial charge in [-0.05, 0) is 49.6 Å². The fourth-order valence-corrected chi connectivity index (χ4v) is 4.31. The van der Waals surface area contributed by atoms with Crippen molar-refractivity contribution in [2.45, 2.75) is 45.3 Å². The van der Waals surface area contributed by atoms with Crippen molar-refractivity contribution < 1.29 is 4.79 Å². The fraction of sp³-hybridized carbons (Fsp3) is 0.304. The predicted molar refractivity (Wildman–Crippen MR) is 121 cm³/mol. The molecule has 2 aromatic carbocycles. The van der Waals surface area contributed by atoms with E-state index in [4.69, 9.17) is 0 Å². The molecule has 0 atom stereocenters. The minimum Gasteiger partial charge on any atom is -0.293 e. The Morgan fingerprint density at radius 3 is 2.63 bits per heavy atom. The maximum atomic E-state index is 13.0. The van der Waals surface area contributed by atoms with Gasteiger partial charge < -0.3 is 0 Å². The molecule has 0 amide bonds. The number of unbranched alkanes of at least 4 members (excludes halogenated alkanes) is 1. The van der Waals surface area contributed by atoms with Crippen LogP contribution in [0.3, 0.4) is 0 Å². The minimum absolute atomic E-state index is 0.0449. The molecule has 7 heteroatoms. The van der Waals surface area contributed by atoms with Crippen LogP contribution in [-0.4, -0.2) is 30.7 Å². The molecule has 30 heavy (non-hydrogen) atoms. The van der Waals surface area contributed by atoms with Crippen LogP contribution < -0.4 is 5.56 Å². The molecule has 0 radical (unpaired) electrons. The van der Waals surface area contributed by atoms with E-state index in [0.717, 1.165) is 23.9 Å². The van der Waals surface area contributed by atoms with Gasteiger partial charge in [0.05, 0.1) is 16.7 Å². The molecule has 4 rings (SSSR count). The highest BCUT2D eigenvalue weighted by Gasteiger charge is 2.18. The average Bonchev–Trinajstić information content (AvgIpc) is 3.18. The molecule has 0 aliphatic rings. The summed E-state index contributed by atoms with van der Waals surface area (Å²) in [5.41, 5.74) is 3.67. The number of carbonyl (C=O) groups is 1. The van der Waals surface area contributed by atoms with Crippen LogP contribution in [0.4, 0.5) is 0 Å². The summed E-state index contributed by atoms with van der Waals surface area (Å²) in [5.74, 6) is 0.822. The van der Waals surface area contributed by atoms with Gasteiger partial charge >= 0.3 is 0 Å². The van der Waals surface area contributed by atoms with Crippen LogP contribution >= 0.6 is 11.8 Å². The number of hydrogen-bond donors (Lipinski definition) is 0. The topological polar surface area (TPSA) is 69.3 Å². The van der Waals surface area contributed by atoms with Crippen molar-refractivity contribution >= 4 is 34.2 Å². The molecule has 2 aromatic heterocycles. The van der Waals surface area contributed by atoms with Crippen LogP contribution in [0, 0.1) is 13.8 Å². The number of rotatable bonds is 7. The second kappa shape index (κ2) is 8.44. The van der Waals surface area contributed by atoms with E-state index < -0.39 is 0 Å². The van der Waals surface area contributed by atoms with Gasteiger partial charge in [0.2, 0.25) is 5.78 Å². The first-order chi connectivity index (χ1) is 14.5. The number of benzene rings is 2. The number of hydrogen-bond acceptors (Lipinski definition) is 5. The first kappa shape index (κ1) is 20.3. The van der Waals surface area contributed by atoms with Crippen molar-refractivity contribution in [1.82, 2.24) is 19.2 Å². The highest BCUT2D eigenvalue weighted by molar-refractivity contribution is 7.99. The Balaban J connectivity index is 1.73. The predicted octanol–water partition coefficient (Wildman–Crippen LogP) is 4.44. The van der Waals surface area contributed by atoms with Crippen LogP contribution in [0.15, 0.2) is 52.4 Å². The molecular formula is C23H24N4O2S. The van der Waals surface area contributed by atoms with Gasteiger partial charge in [-0.2, -0.15) is 0 Å². The maximum Gasteiger partial charge on any atom is 0.262 e. The highest BCUT2D eigenvalue weighted by Crippen LogP contribution is 2.23. The molecule has 154 valence electrons. The van der Waals surface area contributed by atoms with Gasteiger partial charge in [0.25, 0.3) is 5.56 Å². The molecular weight excluding hydrogens is 396 g/mol. The van der Waals surface area contributed by atoms with Crippen LogP contribution in [-0.2, 0) is 6.54 Å². The van der Waals surface area contributed by atoms with E-state index in [2.05, 4.69) is 17.1 Å². The summed E-state index contributed by atoms with van der Waals surface area (Å²) in [6.07, 6.45) is 1.86. The number of carbonyl (C=O) groups excluding carboxylic acids is 1. The Bertz CT molecular complexity index is 1310. The zero-order valence-corrected chi connectivity index (χ0v) is 18.2.